The van der Waals surface area contributed by atoms with Gasteiger partial charge in [-0.2, -0.15) is 0 Å². The summed E-state index contributed by atoms with van der Waals surface area (Å²) in [5, 5.41) is 12.1. The smallest absolute Gasteiger partial charge is 0.209 e. The van der Waals surface area contributed by atoms with Gasteiger partial charge in [0.25, 0.3) is 0 Å². The summed E-state index contributed by atoms with van der Waals surface area (Å²) in [5.41, 5.74) is 6.33. The molecule has 7 heteroatoms. The summed E-state index contributed by atoms with van der Waals surface area (Å²) in [7, 11) is 1.83. The van der Waals surface area contributed by atoms with Gasteiger partial charge in [0.1, 0.15) is 5.75 Å². The highest BCUT2D eigenvalue weighted by Gasteiger charge is 2.02. The average molecular weight is 265 g/mol. The second kappa shape index (κ2) is 6.25. The molecule has 0 bridgehead atoms. The Balaban J connectivity index is 1.64. The number of ether oxygens (including phenoxy) is 1. The van der Waals surface area contributed by atoms with E-state index in [1.165, 1.54) is 0 Å². The fraction of sp³-hybridized carbons (Fsp3) is 0.364. The first-order chi connectivity index (χ1) is 8.75. The van der Waals surface area contributed by atoms with Crippen molar-refractivity contribution in [3.8, 4) is 5.75 Å². The first kappa shape index (κ1) is 12.7. The van der Waals surface area contributed by atoms with Gasteiger partial charge in [0.15, 0.2) is 0 Å². The molecule has 0 aliphatic heterocycles. The van der Waals surface area contributed by atoms with Crippen LogP contribution in [0.3, 0.4) is 0 Å². The van der Waals surface area contributed by atoms with Crippen molar-refractivity contribution in [1.82, 2.24) is 20.2 Å². The number of anilines is 1. The number of nitrogens with zero attached hydrogens (tertiary/aromatic N) is 4. The maximum atomic E-state index is 5.59. The molecule has 0 aliphatic carbocycles. The Morgan fingerprint density at radius 3 is 2.78 bits per heavy atom. The molecular formula is C11H15N5OS. The molecule has 6 nitrogen and oxygen atoms in total. The molecular weight excluding hydrogens is 250 g/mol. The first-order valence-electron chi connectivity index (χ1n) is 5.59. The summed E-state index contributed by atoms with van der Waals surface area (Å²) in [6.07, 6.45) is 0.932. The van der Waals surface area contributed by atoms with E-state index in [1.807, 2.05) is 31.3 Å². The number of rotatable bonds is 6. The van der Waals surface area contributed by atoms with Crippen molar-refractivity contribution in [2.45, 2.75) is 11.6 Å². The minimum Gasteiger partial charge on any atom is -0.494 e. The summed E-state index contributed by atoms with van der Waals surface area (Å²) in [5.74, 6) is 1.76. The normalized spacial score (nSPS) is 10.5. The lowest BCUT2D eigenvalue weighted by molar-refractivity contribution is 0.318. The Hall–Kier alpha value is -1.76. The number of tetrazole rings is 1. The van der Waals surface area contributed by atoms with Crippen LogP contribution in [-0.4, -0.2) is 32.6 Å². The molecule has 96 valence electrons. The topological polar surface area (TPSA) is 78.8 Å². The quantitative estimate of drug-likeness (QED) is 0.482. The van der Waals surface area contributed by atoms with Crippen LogP contribution >= 0.6 is 11.8 Å². The predicted molar refractivity (Wildman–Crippen MR) is 70.5 cm³/mol. The van der Waals surface area contributed by atoms with E-state index in [0.29, 0.717) is 6.61 Å². The van der Waals surface area contributed by atoms with Crippen molar-refractivity contribution in [1.29, 1.82) is 0 Å². The van der Waals surface area contributed by atoms with Crippen LogP contribution in [0.5, 0.6) is 5.75 Å². The number of thioether (sulfide) groups is 1. The molecule has 2 N–H and O–H groups in total. The molecule has 0 amide bonds. The van der Waals surface area contributed by atoms with E-state index in [1.54, 1.807) is 16.4 Å². The summed E-state index contributed by atoms with van der Waals surface area (Å²) < 4.78 is 7.24. The molecule has 18 heavy (non-hydrogen) atoms. The van der Waals surface area contributed by atoms with Gasteiger partial charge < -0.3 is 10.5 Å². The second-order valence-corrected chi connectivity index (χ2v) is 4.77. The van der Waals surface area contributed by atoms with Crippen molar-refractivity contribution < 1.29 is 4.74 Å². The van der Waals surface area contributed by atoms with Gasteiger partial charge in [0.05, 0.1) is 6.61 Å². The van der Waals surface area contributed by atoms with Gasteiger partial charge in [-0.1, -0.05) is 11.8 Å². The maximum absolute atomic E-state index is 5.59. The molecule has 0 atom stereocenters. The van der Waals surface area contributed by atoms with Gasteiger partial charge in [-0.15, -0.1) is 5.10 Å². The third kappa shape index (κ3) is 3.63. The van der Waals surface area contributed by atoms with Crippen LogP contribution in [0.2, 0.25) is 0 Å². The van der Waals surface area contributed by atoms with Crippen molar-refractivity contribution in [2.24, 2.45) is 7.05 Å². The van der Waals surface area contributed by atoms with Crippen molar-refractivity contribution in [3.05, 3.63) is 24.3 Å². The third-order valence-corrected chi connectivity index (χ3v) is 3.35. The lowest BCUT2D eigenvalue weighted by Gasteiger charge is -2.05. The zero-order valence-corrected chi connectivity index (χ0v) is 10.9. The predicted octanol–water partition coefficient (Wildman–Crippen LogP) is 1.35. The molecule has 1 aromatic heterocycles. The second-order valence-electron chi connectivity index (χ2n) is 3.70. The summed E-state index contributed by atoms with van der Waals surface area (Å²) in [6, 6.07) is 7.40. The zero-order chi connectivity index (χ0) is 12.8. The van der Waals surface area contributed by atoms with Crippen LogP contribution in [0.15, 0.2) is 29.4 Å². The summed E-state index contributed by atoms with van der Waals surface area (Å²) >= 11 is 1.62. The largest absolute Gasteiger partial charge is 0.494 e. The Bertz CT molecular complexity index is 484. The van der Waals surface area contributed by atoms with Crippen molar-refractivity contribution in [2.75, 3.05) is 18.1 Å². The van der Waals surface area contributed by atoms with Gasteiger partial charge in [0, 0.05) is 18.5 Å². The van der Waals surface area contributed by atoms with E-state index in [-0.39, 0.29) is 0 Å². The molecule has 2 aromatic rings. The molecule has 1 heterocycles. The maximum Gasteiger partial charge on any atom is 0.209 e. The zero-order valence-electron chi connectivity index (χ0n) is 10.1. The standard InChI is InChI=1S/C11H15N5OS/c1-16-11(13-14-15-16)18-8-2-7-17-10-5-3-9(12)4-6-10/h3-6H,2,7-8,12H2,1H3. The van der Waals surface area contributed by atoms with Gasteiger partial charge in [-0.25, -0.2) is 4.68 Å². The van der Waals surface area contributed by atoms with Crippen molar-refractivity contribution in [3.63, 3.8) is 0 Å². The summed E-state index contributed by atoms with van der Waals surface area (Å²) in [4.78, 5) is 0. The van der Waals surface area contributed by atoms with Crippen LogP contribution in [0.4, 0.5) is 5.69 Å². The number of nitrogens with two attached hydrogens (primary N) is 1. The SMILES string of the molecule is Cn1nnnc1SCCCOc1ccc(N)cc1. The first-order valence-corrected chi connectivity index (χ1v) is 6.58. The highest BCUT2D eigenvalue weighted by Crippen LogP contribution is 2.15. The van der Waals surface area contributed by atoms with E-state index < -0.39 is 0 Å². The molecule has 0 fully saturated rings. The summed E-state index contributed by atoms with van der Waals surface area (Å²) in [6.45, 7) is 0.669. The highest BCUT2D eigenvalue weighted by atomic mass is 32.2. The lowest BCUT2D eigenvalue weighted by atomic mass is 10.3. The van der Waals surface area contributed by atoms with Crippen LogP contribution in [-0.2, 0) is 7.05 Å². The number of benzene rings is 1. The molecule has 0 radical (unpaired) electrons. The Morgan fingerprint density at radius 1 is 1.33 bits per heavy atom. The highest BCUT2D eigenvalue weighted by molar-refractivity contribution is 7.99. The van der Waals surface area contributed by atoms with Crippen LogP contribution in [0.1, 0.15) is 6.42 Å². The van der Waals surface area contributed by atoms with Crippen LogP contribution in [0.25, 0.3) is 0 Å². The van der Waals surface area contributed by atoms with E-state index >= 15 is 0 Å². The van der Waals surface area contributed by atoms with Gasteiger partial charge in [-0.3, -0.25) is 0 Å². The number of hydrogen-bond acceptors (Lipinski definition) is 6. The van der Waals surface area contributed by atoms with Gasteiger partial charge in [-0.05, 0) is 41.1 Å². The van der Waals surface area contributed by atoms with Gasteiger partial charge >= 0.3 is 0 Å². The van der Waals surface area contributed by atoms with Crippen molar-refractivity contribution >= 4 is 17.4 Å². The molecule has 0 saturated heterocycles. The lowest BCUT2D eigenvalue weighted by Crippen LogP contribution is -2.00. The molecule has 0 unspecified atom stereocenters. The minimum atomic E-state index is 0.669. The third-order valence-electron chi connectivity index (χ3n) is 2.25. The monoisotopic (exact) mass is 265 g/mol. The Morgan fingerprint density at radius 2 is 2.11 bits per heavy atom. The Kier molecular flexibility index (Phi) is 4.40. The Labute approximate surface area is 110 Å². The minimum absolute atomic E-state index is 0.669. The van der Waals surface area contributed by atoms with E-state index in [4.69, 9.17) is 10.5 Å². The van der Waals surface area contributed by atoms with Crippen LogP contribution < -0.4 is 10.5 Å². The number of nitrogen functional groups attached to an aromatic ring is 1. The molecule has 0 aliphatic rings. The van der Waals surface area contributed by atoms with Gasteiger partial charge in [0.2, 0.25) is 5.16 Å². The molecule has 1 aromatic carbocycles. The van der Waals surface area contributed by atoms with E-state index in [0.717, 1.165) is 28.8 Å². The van der Waals surface area contributed by atoms with E-state index in [2.05, 4.69) is 15.5 Å². The average Bonchev–Trinajstić information content (AvgIpc) is 2.77. The fourth-order valence-electron chi connectivity index (χ4n) is 1.32. The molecule has 2 rings (SSSR count). The molecule has 0 saturated carbocycles. The van der Waals surface area contributed by atoms with Crippen LogP contribution in [0, 0.1) is 0 Å². The number of aryl methyl sites for hydroxylation is 1. The fourth-order valence-corrected chi connectivity index (χ4v) is 2.08. The molecule has 0 spiro atoms. The number of aromatic nitrogens is 4. The number of hydrogen-bond donors (Lipinski definition) is 1. The van der Waals surface area contributed by atoms with E-state index in [9.17, 15) is 0 Å².